The lowest BCUT2D eigenvalue weighted by Gasteiger charge is -2.23. The van der Waals surface area contributed by atoms with Gasteiger partial charge in [0.2, 0.25) is 0 Å². The highest BCUT2D eigenvalue weighted by atomic mass is 19.4. The molecule has 3 N–H and O–H groups in total. The van der Waals surface area contributed by atoms with Crippen molar-refractivity contribution in [2.45, 2.75) is 26.2 Å². The molecule has 0 radical (unpaired) electrons. The summed E-state index contributed by atoms with van der Waals surface area (Å²) in [5, 5.41) is 1.86. The Morgan fingerprint density at radius 2 is 1.90 bits per heavy atom. The second-order valence-electron chi connectivity index (χ2n) is 4.26. The Morgan fingerprint density at radius 1 is 1.30 bits per heavy atom. The third-order valence-corrected chi connectivity index (χ3v) is 2.81. The molecule has 2 amide bonds. The number of benzene rings is 1. The molecule has 0 aliphatic rings. The maximum absolute atomic E-state index is 12.1. The van der Waals surface area contributed by atoms with E-state index >= 15 is 0 Å². The van der Waals surface area contributed by atoms with Crippen molar-refractivity contribution in [3.05, 3.63) is 35.4 Å². The second-order valence-corrected chi connectivity index (χ2v) is 4.26. The first-order valence-electron chi connectivity index (χ1n) is 6.23. The van der Waals surface area contributed by atoms with E-state index in [1.54, 1.807) is 13.0 Å². The standard InChI is InChI=1S/C13H18F3N3O/c1-2-19(12(20)18-9-13(14,15)16)8-11-6-4-3-5-10(11)7-17/h3-6H,2,7-9,17H2,1H3,(H,18,20). The van der Waals surface area contributed by atoms with Crippen LogP contribution in [0.2, 0.25) is 0 Å². The summed E-state index contributed by atoms with van der Waals surface area (Å²) in [6.07, 6.45) is -4.41. The molecule has 20 heavy (non-hydrogen) atoms. The van der Waals surface area contributed by atoms with E-state index < -0.39 is 18.8 Å². The van der Waals surface area contributed by atoms with E-state index in [1.165, 1.54) is 4.90 Å². The van der Waals surface area contributed by atoms with Crippen LogP contribution >= 0.6 is 0 Å². The molecule has 1 aromatic carbocycles. The topological polar surface area (TPSA) is 58.4 Å². The van der Waals surface area contributed by atoms with Crippen LogP contribution in [0.5, 0.6) is 0 Å². The molecule has 112 valence electrons. The number of carbonyl (C=O) groups is 1. The normalized spacial score (nSPS) is 11.2. The van der Waals surface area contributed by atoms with Gasteiger partial charge in [0.1, 0.15) is 6.54 Å². The zero-order chi connectivity index (χ0) is 15.2. The third kappa shape index (κ3) is 5.08. The number of nitrogens with zero attached hydrogens (tertiary/aromatic N) is 1. The molecular formula is C13H18F3N3O. The summed E-state index contributed by atoms with van der Waals surface area (Å²) in [4.78, 5) is 13.0. The maximum atomic E-state index is 12.1. The van der Waals surface area contributed by atoms with E-state index in [0.717, 1.165) is 11.1 Å². The third-order valence-electron chi connectivity index (χ3n) is 2.81. The molecule has 0 aromatic heterocycles. The number of halogens is 3. The van der Waals surface area contributed by atoms with Gasteiger partial charge in [-0.1, -0.05) is 24.3 Å². The van der Waals surface area contributed by atoms with E-state index in [0.29, 0.717) is 13.1 Å². The van der Waals surface area contributed by atoms with Gasteiger partial charge in [-0.3, -0.25) is 0 Å². The van der Waals surface area contributed by atoms with Gasteiger partial charge >= 0.3 is 12.2 Å². The zero-order valence-electron chi connectivity index (χ0n) is 11.2. The number of rotatable bonds is 5. The van der Waals surface area contributed by atoms with E-state index in [-0.39, 0.29) is 6.54 Å². The quantitative estimate of drug-likeness (QED) is 0.873. The molecule has 0 aliphatic carbocycles. The van der Waals surface area contributed by atoms with Crippen LogP contribution in [0.4, 0.5) is 18.0 Å². The van der Waals surface area contributed by atoms with Gasteiger partial charge < -0.3 is 16.0 Å². The van der Waals surface area contributed by atoms with Crippen molar-refractivity contribution in [3.8, 4) is 0 Å². The van der Waals surface area contributed by atoms with Crippen LogP contribution in [-0.2, 0) is 13.1 Å². The fourth-order valence-corrected chi connectivity index (χ4v) is 1.73. The molecule has 0 fully saturated rings. The summed E-state index contributed by atoms with van der Waals surface area (Å²) in [6.45, 7) is 1.23. The predicted octanol–water partition coefficient (Wildman–Crippen LogP) is 2.24. The van der Waals surface area contributed by atoms with Crippen molar-refractivity contribution in [1.82, 2.24) is 10.2 Å². The Labute approximate surface area is 115 Å². The lowest BCUT2D eigenvalue weighted by molar-refractivity contribution is -0.123. The van der Waals surface area contributed by atoms with E-state index in [1.807, 2.05) is 23.5 Å². The van der Waals surface area contributed by atoms with Gasteiger partial charge in [0.25, 0.3) is 0 Å². The van der Waals surface area contributed by atoms with Gasteiger partial charge in [-0.05, 0) is 18.1 Å². The molecule has 0 bridgehead atoms. The number of carbonyl (C=O) groups excluding carboxylic acids is 1. The number of nitrogens with one attached hydrogen (secondary N) is 1. The Kier molecular flexibility index (Phi) is 5.82. The fourth-order valence-electron chi connectivity index (χ4n) is 1.73. The zero-order valence-corrected chi connectivity index (χ0v) is 11.2. The SMILES string of the molecule is CCN(Cc1ccccc1CN)C(=O)NCC(F)(F)F. The summed E-state index contributed by atoms with van der Waals surface area (Å²) >= 11 is 0. The summed E-state index contributed by atoms with van der Waals surface area (Å²) < 4.78 is 36.2. The number of urea groups is 1. The molecule has 0 saturated heterocycles. The van der Waals surface area contributed by atoms with Gasteiger partial charge in [0.15, 0.2) is 0 Å². The van der Waals surface area contributed by atoms with Gasteiger partial charge in [0.05, 0.1) is 0 Å². The molecule has 0 heterocycles. The van der Waals surface area contributed by atoms with Crippen molar-refractivity contribution >= 4 is 6.03 Å². The molecule has 0 unspecified atom stereocenters. The molecule has 0 spiro atoms. The van der Waals surface area contributed by atoms with Crippen molar-refractivity contribution in [2.24, 2.45) is 5.73 Å². The largest absolute Gasteiger partial charge is 0.405 e. The molecule has 4 nitrogen and oxygen atoms in total. The van der Waals surface area contributed by atoms with Crippen LogP contribution in [0, 0.1) is 0 Å². The minimum atomic E-state index is -4.41. The minimum absolute atomic E-state index is 0.230. The lowest BCUT2D eigenvalue weighted by atomic mass is 10.1. The van der Waals surface area contributed by atoms with Crippen molar-refractivity contribution in [3.63, 3.8) is 0 Å². The number of alkyl halides is 3. The lowest BCUT2D eigenvalue weighted by Crippen LogP contribution is -2.43. The predicted molar refractivity (Wildman–Crippen MR) is 69.9 cm³/mol. The molecule has 1 rings (SSSR count). The first-order chi connectivity index (χ1) is 9.37. The van der Waals surface area contributed by atoms with E-state index in [2.05, 4.69) is 0 Å². The van der Waals surface area contributed by atoms with Gasteiger partial charge in [0, 0.05) is 19.6 Å². The number of nitrogens with two attached hydrogens (primary N) is 1. The number of hydrogen-bond acceptors (Lipinski definition) is 2. The summed E-state index contributed by atoms with van der Waals surface area (Å²) in [7, 11) is 0. The van der Waals surface area contributed by atoms with Crippen LogP contribution in [0.3, 0.4) is 0 Å². The van der Waals surface area contributed by atoms with Crippen LogP contribution in [-0.4, -0.2) is 30.2 Å². The second kappa shape index (κ2) is 7.14. The summed E-state index contributed by atoms with van der Waals surface area (Å²) in [6, 6.07) is 6.53. The van der Waals surface area contributed by atoms with Crippen molar-refractivity contribution < 1.29 is 18.0 Å². The van der Waals surface area contributed by atoms with Gasteiger partial charge in [-0.15, -0.1) is 0 Å². The average molecular weight is 289 g/mol. The summed E-state index contributed by atoms with van der Waals surface area (Å²) in [5.41, 5.74) is 7.29. The Morgan fingerprint density at radius 3 is 2.40 bits per heavy atom. The Hall–Kier alpha value is -1.76. The molecule has 7 heteroatoms. The average Bonchev–Trinajstić information content (AvgIpc) is 2.41. The molecular weight excluding hydrogens is 271 g/mol. The molecule has 0 atom stereocenters. The summed E-state index contributed by atoms with van der Waals surface area (Å²) in [5.74, 6) is 0. The Bertz CT molecular complexity index is 449. The first-order valence-corrected chi connectivity index (χ1v) is 6.23. The smallest absolute Gasteiger partial charge is 0.329 e. The highest BCUT2D eigenvalue weighted by molar-refractivity contribution is 5.74. The van der Waals surface area contributed by atoms with Crippen LogP contribution < -0.4 is 11.1 Å². The number of amides is 2. The number of hydrogen-bond donors (Lipinski definition) is 2. The Balaban J connectivity index is 2.69. The van der Waals surface area contributed by atoms with E-state index in [9.17, 15) is 18.0 Å². The monoisotopic (exact) mass is 289 g/mol. The molecule has 0 saturated carbocycles. The molecule has 0 aliphatic heterocycles. The van der Waals surface area contributed by atoms with Crippen LogP contribution in [0.15, 0.2) is 24.3 Å². The maximum Gasteiger partial charge on any atom is 0.405 e. The highest BCUT2D eigenvalue weighted by Crippen LogP contribution is 2.14. The molecule has 1 aromatic rings. The van der Waals surface area contributed by atoms with E-state index in [4.69, 9.17) is 5.73 Å². The van der Waals surface area contributed by atoms with Crippen LogP contribution in [0.25, 0.3) is 0 Å². The van der Waals surface area contributed by atoms with Gasteiger partial charge in [-0.2, -0.15) is 13.2 Å². The van der Waals surface area contributed by atoms with Crippen LogP contribution in [0.1, 0.15) is 18.1 Å². The van der Waals surface area contributed by atoms with Crippen molar-refractivity contribution in [1.29, 1.82) is 0 Å². The van der Waals surface area contributed by atoms with Gasteiger partial charge in [-0.25, -0.2) is 4.79 Å². The fraction of sp³-hybridized carbons (Fsp3) is 0.462. The van der Waals surface area contributed by atoms with Crippen molar-refractivity contribution in [2.75, 3.05) is 13.1 Å². The minimum Gasteiger partial charge on any atom is -0.329 e. The highest BCUT2D eigenvalue weighted by Gasteiger charge is 2.28. The first kappa shape index (κ1) is 16.3.